The fourth-order valence-corrected chi connectivity index (χ4v) is 4.44. The van der Waals surface area contributed by atoms with Crippen LogP contribution in [0.5, 0.6) is 0 Å². The molecule has 5 nitrogen and oxygen atoms in total. The fourth-order valence-electron chi connectivity index (χ4n) is 4.44. The van der Waals surface area contributed by atoms with Crippen molar-refractivity contribution in [1.82, 2.24) is 9.80 Å². The molecular formula is C23H24N2O3. The molecule has 1 heterocycles. The van der Waals surface area contributed by atoms with E-state index in [9.17, 15) is 14.4 Å². The van der Waals surface area contributed by atoms with Crippen LogP contribution >= 0.6 is 0 Å². The summed E-state index contributed by atoms with van der Waals surface area (Å²) in [7, 11) is 0. The number of rotatable bonds is 6. The summed E-state index contributed by atoms with van der Waals surface area (Å²) < 4.78 is 0. The third kappa shape index (κ3) is 2.65. The van der Waals surface area contributed by atoms with Gasteiger partial charge >= 0.3 is 0 Å². The van der Waals surface area contributed by atoms with Crippen LogP contribution in [0.15, 0.2) is 54.6 Å². The van der Waals surface area contributed by atoms with Gasteiger partial charge in [-0.1, -0.05) is 42.5 Å². The van der Waals surface area contributed by atoms with E-state index in [-0.39, 0.29) is 30.2 Å². The van der Waals surface area contributed by atoms with E-state index in [4.69, 9.17) is 0 Å². The molecule has 3 amide bonds. The van der Waals surface area contributed by atoms with Crippen molar-refractivity contribution in [3.05, 3.63) is 71.3 Å². The number of fused-ring (bicyclic) bond motifs is 1. The Bertz CT molecular complexity index is 901. The van der Waals surface area contributed by atoms with Crippen LogP contribution in [0.25, 0.3) is 0 Å². The summed E-state index contributed by atoms with van der Waals surface area (Å²) in [5.74, 6) is -0.495. The zero-order chi connectivity index (χ0) is 19.9. The number of amides is 3. The van der Waals surface area contributed by atoms with Gasteiger partial charge in [0, 0.05) is 19.6 Å². The highest BCUT2D eigenvalue weighted by Crippen LogP contribution is 2.56. The molecule has 1 unspecified atom stereocenters. The normalized spacial score (nSPS) is 22.9. The summed E-state index contributed by atoms with van der Waals surface area (Å²) in [6.45, 7) is 5.50. The first-order chi connectivity index (χ1) is 13.5. The minimum absolute atomic E-state index is 0.0646. The molecule has 0 bridgehead atoms. The number of benzene rings is 2. The van der Waals surface area contributed by atoms with Crippen LogP contribution < -0.4 is 0 Å². The molecule has 2 aliphatic rings. The average molecular weight is 376 g/mol. The van der Waals surface area contributed by atoms with E-state index in [0.29, 0.717) is 30.6 Å². The Morgan fingerprint density at radius 2 is 1.50 bits per heavy atom. The van der Waals surface area contributed by atoms with Crippen LogP contribution in [0.3, 0.4) is 0 Å². The van der Waals surface area contributed by atoms with Crippen molar-refractivity contribution in [2.24, 2.45) is 5.92 Å². The lowest BCUT2D eigenvalue weighted by molar-refractivity contribution is -0.134. The minimum Gasteiger partial charge on any atom is -0.342 e. The number of imide groups is 1. The Kier molecular flexibility index (Phi) is 4.53. The van der Waals surface area contributed by atoms with E-state index in [1.165, 1.54) is 4.90 Å². The lowest BCUT2D eigenvalue weighted by Gasteiger charge is -2.27. The van der Waals surface area contributed by atoms with Crippen LogP contribution in [0.1, 0.15) is 46.5 Å². The van der Waals surface area contributed by atoms with Crippen LogP contribution in [-0.4, -0.2) is 47.2 Å². The fraction of sp³-hybridized carbons (Fsp3) is 0.348. The standard InChI is InChI=1S/C23H24N2O3/c1-3-24(4-2)22(28)23(16-10-6-5-7-11-16)14-17(23)15-25-20(26)18-12-8-9-13-19(18)21(25)27/h5-13,17H,3-4,14-15H2,1-2H3/t17?,23-/m0/s1. The molecule has 5 heteroatoms. The summed E-state index contributed by atoms with van der Waals surface area (Å²) >= 11 is 0. The SMILES string of the molecule is CCN(CC)C(=O)[C@]1(c2ccccc2)CC1CN1C(=O)c2ccccc2C1=O. The highest BCUT2D eigenvalue weighted by molar-refractivity contribution is 6.21. The Morgan fingerprint density at radius 1 is 0.964 bits per heavy atom. The minimum atomic E-state index is -0.650. The van der Waals surface area contributed by atoms with Crippen LogP contribution in [-0.2, 0) is 10.2 Å². The molecular weight excluding hydrogens is 352 g/mol. The predicted octanol–water partition coefficient (Wildman–Crippen LogP) is 3.11. The van der Waals surface area contributed by atoms with Crippen molar-refractivity contribution in [1.29, 1.82) is 0 Å². The predicted molar refractivity (Wildman–Crippen MR) is 106 cm³/mol. The molecule has 0 aromatic heterocycles. The van der Waals surface area contributed by atoms with Crippen molar-refractivity contribution in [3.8, 4) is 0 Å². The van der Waals surface area contributed by atoms with Crippen molar-refractivity contribution < 1.29 is 14.4 Å². The molecule has 1 saturated carbocycles. The van der Waals surface area contributed by atoms with Gasteiger partial charge in [0.2, 0.25) is 5.91 Å². The maximum Gasteiger partial charge on any atom is 0.261 e. The molecule has 1 fully saturated rings. The van der Waals surface area contributed by atoms with Crippen LogP contribution in [0.2, 0.25) is 0 Å². The van der Waals surface area contributed by atoms with E-state index >= 15 is 0 Å². The summed E-state index contributed by atoms with van der Waals surface area (Å²) in [5, 5.41) is 0. The third-order valence-corrected chi connectivity index (χ3v) is 6.11. The molecule has 2 atom stereocenters. The van der Waals surface area contributed by atoms with Crippen molar-refractivity contribution >= 4 is 17.7 Å². The van der Waals surface area contributed by atoms with Crippen molar-refractivity contribution in [2.75, 3.05) is 19.6 Å². The highest BCUT2D eigenvalue weighted by atomic mass is 16.2. The van der Waals surface area contributed by atoms with Crippen molar-refractivity contribution in [2.45, 2.75) is 25.7 Å². The molecule has 28 heavy (non-hydrogen) atoms. The van der Waals surface area contributed by atoms with Gasteiger partial charge in [0.05, 0.1) is 16.5 Å². The molecule has 1 aliphatic heterocycles. The second-order valence-electron chi connectivity index (χ2n) is 7.48. The second-order valence-corrected chi connectivity index (χ2v) is 7.48. The van der Waals surface area contributed by atoms with E-state index in [1.54, 1.807) is 24.3 Å². The first kappa shape index (κ1) is 18.4. The molecule has 1 aliphatic carbocycles. The summed E-state index contributed by atoms with van der Waals surface area (Å²) in [4.78, 5) is 42.0. The summed E-state index contributed by atoms with van der Waals surface area (Å²) in [6.07, 6.45) is 0.653. The number of hydrogen-bond donors (Lipinski definition) is 0. The average Bonchev–Trinajstić information content (AvgIpc) is 3.42. The van der Waals surface area contributed by atoms with E-state index < -0.39 is 5.41 Å². The highest BCUT2D eigenvalue weighted by Gasteiger charge is 2.63. The van der Waals surface area contributed by atoms with Gasteiger partial charge in [-0.05, 0) is 43.9 Å². The van der Waals surface area contributed by atoms with Gasteiger partial charge < -0.3 is 4.90 Å². The smallest absolute Gasteiger partial charge is 0.261 e. The van der Waals surface area contributed by atoms with Crippen molar-refractivity contribution in [3.63, 3.8) is 0 Å². The molecule has 4 rings (SSSR count). The number of hydrogen-bond acceptors (Lipinski definition) is 3. The zero-order valence-electron chi connectivity index (χ0n) is 16.2. The van der Waals surface area contributed by atoms with Gasteiger partial charge in [-0.3, -0.25) is 19.3 Å². The van der Waals surface area contributed by atoms with Gasteiger partial charge in [0.25, 0.3) is 11.8 Å². The first-order valence-corrected chi connectivity index (χ1v) is 9.84. The maximum atomic E-state index is 13.4. The Hall–Kier alpha value is -2.95. The molecule has 144 valence electrons. The van der Waals surface area contributed by atoms with Crippen LogP contribution in [0.4, 0.5) is 0 Å². The number of carbonyl (C=O) groups is 3. The van der Waals surface area contributed by atoms with Gasteiger partial charge in [-0.2, -0.15) is 0 Å². The number of likely N-dealkylation sites (N-methyl/N-ethyl adjacent to an activating group) is 1. The third-order valence-electron chi connectivity index (χ3n) is 6.11. The first-order valence-electron chi connectivity index (χ1n) is 9.84. The van der Waals surface area contributed by atoms with Gasteiger partial charge in [0.15, 0.2) is 0 Å². The van der Waals surface area contributed by atoms with Crippen LogP contribution in [0, 0.1) is 5.92 Å². The van der Waals surface area contributed by atoms with E-state index in [1.807, 2.05) is 49.1 Å². The maximum absolute atomic E-state index is 13.4. The summed E-state index contributed by atoms with van der Waals surface area (Å²) in [6, 6.07) is 16.7. The molecule has 2 aromatic carbocycles. The second kappa shape index (κ2) is 6.89. The van der Waals surface area contributed by atoms with E-state index in [0.717, 1.165) is 5.56 Å². The quantitative estimate of drug-likeness (QED) is 0.728. The Balaban J connectivity index is 1.63. The molecule has 0 N–H and O–H groups in total. The number of carbonyl (C=O) groups excluding carboxylic acids is 3. The Morgan fingerprint density at radius 3 is 2.04 bits per heavy atom. The van der Waals surface area contributed by atoms with Gasteiger partial charge in [-0.25, -0.2) is 0 Å². The molecule has 0 saturated heterocycles. The molecule has 0 spiro atoms. The zero-order valence-corrected chi connectivity index (χ0v) is 16.2. The lowest BCUT2D eigenvalue weighted by atomic mass is 9.91. The van der Waals surface area contributed by atoms with Gasteiger partial charge in [0.1, 0.15) is 0 Å². The van der Waals surface area contributed by atoms with E-state index in [2.05, 4.69) is 0 Å². The largest absolute Gasteiger partial charge is 0.342 e. The summed E-state index contributed by atoms with van der Waals surface area (Å²) in [5.41, 5.74) is 1.22. The lowest BCUT2D eigenvalue weighted by Crippen LogP contribution is -2.42. The topological polar surface area (TPSA) is 57.7 Å². The monoisotopic (exact) mass is 376 g/mol. The molecule has 0 radical (unpaired) electrons. The Labute approximate surface area is 164 Å². The number of nitrogens with zero attached hydrogens (tertiary/aromatic N) is 2. The molecule has 2 aromatic rings. The van der Waals surface area contributed by atoms with Gasteiger partial charge in [-0.15, -0.1) is 0 Å².